The number of halogens is 3. The van der Waals surface area contributed by atoms with E-state index in [1.54, 1.807) is 0 Å². The summed E-state index contributed by atoms with van der Waals surface area (Å²) in [5.74, 6) is -3.52. The Morgan fingerprint density at radius 3 is 2.48 bits per heavy atom. The van der Waals surface area contributed by atoms with Crippen molar-refractivity contribution >= 4 is 28.0 Å². The van der Waals surface area contributed by atoms with Crippen LogP contribution in [0.2, 0.25) is 0 Å². The molecule has 0 saturated heterocycles. The maximum atomic E-state index is 13.8. The van der Waals surface area contributed by atoms with Gasteiger partial charge in [-0.1, -0.05) is 0 Å². The Morgan fingerprint density at radius 1 is 1.24 bits per heavy atom. The molecule has 0 atom stereocenters. The number of benzene rings is 1. The van der Waals surface area contributed by atoms with Crippen molar-refractivity contribution in [1.29, 1.82) is 0 Å². The van der Waals surface area contributed by atoms with E-state index in [1.807, 2.05) is 0 Å². The van der Waals surface area contributed by atoms with Crippen molar-refractivity contribution in [3.05, 3.63) is 58.3 Å². The van der Waals surface area contributed by atoms with Crippen LogP contribution in [0.5, 0.6) is 11.5 Å². The Balaban J connectivity index is 2.31. The summed E-state index contributed by atoms with van der Waals surface area (Å²) < 4.78 is 33.4. The number of aromatic nitrogens is 1. The number of carbonyl (C=O) groups is 1. The number of ether oxygens (including phenoxy) is 1. The van der Waals surface area contributed by atoms with Crippen LogP contribution in [0.25, 0.3) is 6.08 Å². The van der Waals surface area contributed by atoms with Gasteiger partial charge in [0.05, 0.1) is 6.20 Å². The molecule has 1 N–H and O–H groups in total. The zero-order chi connectivity index (χ0) is 15.4. The van der Waals surface area contributed by atoms with E-state index in [-0.39, 0.29) is 11.3 Å². The van der Waals surface area contributed by atoms with Crippen molar-refractivity contribution in [2.75, 3.05) is 0 Å². The highest BCUT2D eigenvalue weighted by molar-refractivity contribution is 9.10. The highest BCUT2D eigenvalue weighted by atomic mass is 79.9. The lowest BCUT2D eigenvalue weighted by Gasteiger charge is -2.08. The molecule has 1 aromatic heterocycles. The number of carboxylic acids is 1. The Hall–Kier alpha value is -2.28. The molecule has 0 aliphatic heterocycles. The van der Waals surface area contributed by atoms with E-state index in [0.29, 0.717) is 4.47 Å². The molecule has 0 spiro atoms. The predicted molar refractivity (Wildman–Crippen MR) is 75.0 cm³/mol. The average Bonchev–Trinajstić information content (AvgIpc) is 2.40. The summed E-state index contributed by atoms with van der Waals surface area (Å²) in [6, 6.07) is 3.46. The molecule has 21 heavy (non-hydrogen) atoms. The van der Waals surface area contributed by atoms with Crippen molar-refractivity contribution in [3.8, 4) is 11.5 Å². The summed E-state index contributed by atoms with van der Waals surface area (Å²) >= 11 is 3.16. The highest BCUT2D eigenvalue weighted by Crippen LogP contribution is 2.29. The minimum absolute atomic E-state index is 0.0760. The van der Waals surface area contributed by atoms with Crippen molar-refractivity contribution in [2.45, 2.75) is 0 Å². The van der Waals surface area contributed by atoms with Gasteiger partial charge in [-0.25, -0.2) is 13.6 Å². The number of hydrogen-bond acceptors (Lipinski definition) is 3. The largest absolute Gasteiger partial charge is 0.478 e. The first-order chi connectivity index (χ1) is 9.95. The maximum absolute atomic E-state index is 13.8. The molecule has 0 unspecified atom stereocenters. The van der Waals surface area contributed by atoms with Crippen LogP contribution in [0, 0.1) is 11.6 Å². The number of hydrogen-bond donors (Lipinski definition) is 1. The molecule has 2 aromatic rings. The Bertz CT molecular complexity index is 696. The minimum atomic E-state index is -1.21. The van der Waals surface area contributed by atoms with Gasteiger partial charge in [-0.3, -0.25) is 4.98 Å². The molecular formula is C14H8BrF2NO3. The van der Waals surface area contributed by atoms with E-state index in [4.69, 9.17) is 9.84 Å². The summed E-state index contributed by atoms with van der Waals surface area (Å²) in [4.78, 5) is 14.2. The molecule has 7 heteroatoms. The highest BCUT2D eigenvalue weighted by Gasteiger charge is 2.13. The lowest BCUT2D eigenvalue weighted by atomic mass is 10.2. The quantitative estimate of drug-likeness (QED) is 0.841. The molecule has 0 radical (unpaired) electrons. The maximum Gasteiger partial charge on any atom is 0.328 e. The normalized spacial score (nSPS) is 10.8. The molecule has 1 heterocycles. The summed E-state index contributed by atoms with van der Waals surface area (Å²) in [6.07, 6.45) is 4.67. The number of nitrogens with zero attached hydrogens (tertiary/aromatic N) is 1. The van der Waals surface area contributed by atoms with Gasteiger partial charge in [-0.05, 0) is 45.8 Å². The fourth-order valence-electron chi connectivity index (χ4n) is 1.51. The van der Waals surface area contributed by atoms with E-state index in [0.717, 1.165) is 24.3 Å². The van der Waals surface area contributed by atoms with Gasteiger partial charge in [0.15, 0.2) is 17.4 Å². The smallest absolute Gasteiger partial charge is 0.328 e. The summed E-state index contributed by atoms with van der Waals surface area (Å²) in [7, 11) is 0. The summed E-state index contributed by atoms with van der Waals surface area (Å²) in [5.41, 5.74) is 0.0760. The third-order valence-electron chi connectivity index (χ3n) is 2.34. The lowest BCUT2D eigenvalue weighted by molar-refractivity contribution is -0.131. The van der Waals surface area contributed by atoms with Gasteiger partial charge >= 0.3 is 5.97 Å². The molecule has 2 rings (SSSR count). The molecule has 0 bridgehead atoms. The van der Waals surface area contributed by atoms with Crippen molar-refractivity contribution in [3.63, 3.8) is 0 Å². The monoisotopic (exact) mass is 355 g/mol. The zero-order valence-electron chi connectivity index (χ0n) is 10.4. The van der Waals surface area contributed by atoms with Crippen LogP contribution in [0.1, 0.15) is 5.56 Å². The topological polar surface area (TPSA) is 59.4 Å². The third-order valence-corrected chi connectivity index (χ3v) is 2.77. The first-order valence-corrected chi connectivity index (χ1v) is 6.43. The molecule has 0 aliphatic carbocycles. The third kappa shape index (κ3) is 4.09. The van der Waals surface area contributed by atoms with Gasteiger partial charge in [-0.15, -0.1) is 0 Å². The van der Waals surface area contributed by atoms with E-state index in [2.05, 4.69) is 20.9 Å². The van der Waals surface area contributed by atoms with Crippen molar-refractivity contribution in [2.24, 2.45) is 0 Å². The first-order valence-electron chi connectivity index (χ1n) is 5.64. The van der Waals surface area contributed by atoms with Gasteiger partial charge < -0.3 is 9.84 Å². The van der Waals surface area contributed by atoms with Gasteiger partial charge in [0.25, 0.3) is 0 Å². The van der Waals surface area contributed by atoms with Crippen LogP contribution in [0.3, 0.4) is 0 Å². The van der Waals surface area contributed by atoms with E-state index < -0.39 is 23.4 Å². The van der Waals surface area contributed by atoms with Crippen LogP contribution >= 0.6 is 15.9 Å². The molecule has 108 valence electrons. The fraction of sp³-hybridized carbons (Fsp3) is 0. The van der Waals surface area contributed by atoms with Crippen LogP contribution in [0.4, 0.5) is 8.78 Å². The van der Waals surface area contributed by atoms with Gasteiger partial charge in [0.1, 0.15) is 5.75 Å². The standard InChI is InChI=1S/C14H8BrF2NO3/c15-9-5-10(7-18-6-9)21-14-11(16)3-8(4-12(14)17)1-2-13(19)20/h1-7H,(H,19,20). The summed E-state index contributed by atoms with van der Waals surface area (Å²) in [6.45, 7) is 0. The Kier molecular flexibility index (Phi) is 4.64. The molecule has 0 aliphatic rings. The fourth-order valence-corrected chi connectivity index (χ4v) is 1.85. The van der Waals surface area contributed by atoms with Crippen LogP contribution in [-0.4, -0.2) is 16.1 Å². The number of aliphatic carboxylic acids is 1. The van der Waals surface area contributed by atoms with E-state index in [9.17, 15) is 13.6 Å². The second-order valence-electron chi connectivity index (χ2n) is 3.93. The Labute approximate surface area is 126 Å². The van der Waals surface area contributed by atoms with Crippen molar-refractivity contribution in [1.82, 2.24) is 4.98 Å². The van der Waals surface area contributed by atoms with E-state index in [1.165, 1.54) is 18.5 Å². The number of rotatable bonds is 4. The average molecular weight is 356 g/mol. The van der Waals surface area contributed by atoms with Gasteiger partial charge in [0, 0.05) is 16.7 Å². The zero-order valence-corrected chi connectivity index (χ0v) is 12.0. The predicted octanol–water partition coefficient (Wildman–Crippen LogP) is 4.01. The SMILES string of the molecule is O=C(O)C=Cc1cc(F)c(Oc2cncc(Br)c2)c(F)c1. The molecule has 4 nitrogen and oxygen atoms in total. The van der Waals surface area contributed by atoms with Gasteiger partial charge in [-0.2, -0.15) is 0 Å². The molecule has 0 fully saturated rings. The molecule has 0 amide bonds. The lowest BCUT2D eigenvalue weighted by Crippen LogP contribution is -1.95. The second-order valence-corrected chi connectivity index (χ2v) is 4.84. The molecule has 0 saturated carbocycles. The minimum Gasteiger partial charge on any atom is -0.478 e. The van der Waals surface area contributed by atoms with Crippen LogP contribution < -0.4 is 4.74 Å². The van der Waals surface area contributed by atoms with E-state index >= 15 is 0 Å². The molecule has 1 aromatic carbocycles. The Morgan fingerprint density at radius 2 is 1.90 bits per heavy atom. The van der Waals surface area contributed by atoms with Crippen LogP contribution in [-0.2, 0) is 4.79 Å². The van der Waals surface area contributed by atoms with Crippen molar-refractivity contribution < 1.29 is 23.4 Å². The summed E-state index contributed by atoms with van der Waals surface area (Å²) in [5, 5.41) is 8.48. The van der Waals surface area contributed by atoms with Gasteiger partial charge in [0.2, 0.25) is 0 Å². The van der Waals surface area contributed by atoms with Crippen LogP contribution in [0.15, 0.2) is 41.1 Å². The number of pyridine rings is 1. The molecular weight excluding hydrogens is 348 g/mol. The number of carboxylic acid groups (broad SMARTS) is 1. The second kappa shape index (κ2) is 6.45. The first kappa shape index (κ1) is 15.1.